The highest BCUT2D eigenvalue weighted by Gasteiger charge is 2.19. The largest absolute Gasteiger partial charge is 0.505 e. The Morgan fingerprint density at radius 1 is 1.22 bits per heavy atom. The van der Waals surface area contributed by atoms with Crippen molar-refractivity contribution in [3.8, 4) is 11.5 Å². The molecule has 0 aliphatic carbocycles. The third kappa shape index (κ3) is 5.00. The Morgan fingerprint density at radius 3 is 2.59 bits per heavy atom. The summed E-state index contributed by atoms with van der Waals surface area (Å²) in [6, 6.07) is 6.30. The second-order valence-electron chi connectivity index (χ2n) is 6.94. The lowest BCUT2D eigenvalue weighted by Crippen LogP contribution is -2.10. The Labute approximate surface area is 183 Å². The molecule has 2 aromatic carbocycles. The van der Waals surface area contributed by atoms with Gasteiger partial charge in [0.15, 0.2) is 23.1 Å². The zero-order chi connectivity index (χ0) is 23.3. The first-order chi connectivity index (χ1) is 15.3. The Balaban J connectivity index is 1.74. The summed E-state index contributed by atoms with van der Waals surface area (Å²) in [6.07, 6.45) is 4.46. The van der Waals surface area contributed by atoms with Gasteiger partial charge in [-0.25, -0.2) is 18.7 Å². The first-order valence-corrected chi connectivity index (χ1v) is 9.68. The number of aryl methyl sites for hydroxylation is 2. The molecule has 1 heterocycles. The minimum atomic E-state index is -1.02. The van der Waals surface area contributed by atoms with Crippen LogP contribution in [0.2, 0.25) is 0 Å². The van der Waals surface area contributed by atoms with Crippen molar-refractivity contribution in [2.45, 2.75) is 19.8 Å². The quantitative estimate of drug-likeness (QED) is 0.449. The molecule has 0 aliphatic heterocycles. The number of carbonyl (C=O) groups is 1. The average molecular weight is 440 g/mol. The van der Waals surface area contributed by atoms with Crippen LogP contribution in [-0.2, 0) is 17.6 Å². The molecule has 0 aliphatic rings. The van der Waals surface area contributed by atoms with Crippen LogP contribution in [0.25, 0.3) is 0 Å². The van der Waals surface area contributed by atoms with Gasteiger partial charge in [0, 0.05) is 24.0 Å². The second-order valence-corrected chi connectivity index (χ2v) is 6.94. The van der Waals surface area contributed by atoms with Gasteiger partial charge < -0.3 is 20.5 Å². The smallest absolute Gasteiger partial charge is 0.247 e. The Bertz CT molecular complexity index is 1150. The number of nitrogens with zero attached hydrogens (tertiary/aromatic N) is 2. The highest BCUT2D eigenvalue weighted by molar-refractivity contribution is 6.01. The van der Waals surface area contributed by atoms with E-state index in [2.05, 4.69) is 27.2 Å². The fourth-order valence-corrected chi connectivity index (χ4v) is 3.07. The molecule has 0 atom stereocenters. The fourth-order valence-electron chi connectivity index (χ4n) is 3.07. The van der Waals surface area contributed by atoms with Crippen LogP contribution >= 0.6 is 0 Å². The van der Waals surface area contributed by atoms with E-state index in [0.29, 0.717) is 16.9 Å². The molecule has 166 valence electrons. The minimum absolute atomic E-state index is 0.0198. The molecular formula is C23H22F2N4O3. The molecule has 3 rings (SSSR count). The van der Waals surface area contributed by atoms with Gasteiger partial charge in [0.05, 0.1) is 18.5 Å². The summed E-state index contributed by atoms with van der Waals surface area (Å²) in [5.41, 5.74) is 2.41. The topological polar surface area (TPSA) is 96.4 Å². The zero-order valence-corrected chi connectivity index (χ0v) is 17.6. The van der Waals surface area contributed by atoms with Gasteiger partial charge in [-0.3, -0.25) is 4.79 Å². The standard InChI is InChI=1S/C23H22F2N4O3/c1-4-19(31)28-16-7-5-6-13(2)22(16)29-23-26-11-14(12-27-23)8-9-15-20(24)17(30)10-18(32-3)21(15)25/h4-7,10-12,30H,1,8-9H2,2-3H3,(H,28,31)(H,26,27,29). The van der Waals surface area contributed by atoms with E-state index in [1.54, 1.807) is 12.1 Å². The van der Waals surface area contributed by atoms with Crippen molar-refractivity contribution in [1.29, 1.82) is 0 Å². The van der Waals surface area contributed by atoms with Gasteiger partial charge in [0.25, 0.3) is 0 Å². The normalized spacial score (nSPS) is 10.5. The van der Waals surface area contributed by atoms with Crippen molar-refractivity contribution in [3.05, 3.63) is 77.6 Å². The number of hydrogen-bond acceptors (Lipinski definition) is 6. The van der Waals surface area contributed by atoms with Gasteiger partial charge in [0.2, 0.25) is 11.9 Å². The molecule has 1 amide bonds. The average Bonchev–Trinajstić information content (AvgIpc) is 2.79. The van der Waals surface area contributed by atoms with E-state index in [1.165, 1.54) is 25.6 Å². The van der Waals surface area contributed by atoms with Crippen molar-refractivity contribution in [3.63, 3.8) is 0 Å². The van der Waals surface area contributed by atoms with Crippen LogP contribution < -0.4 is 15.4 Å². The van der Waals surface area contributed by atoms with Gasteiger partial charge in [-0.05, 0) is 43.0 Å². The van der Waals surface area contributed by atoms with Crippen molar-refractivity contribution < 1.29 is 23.4 Å². The number of aromatic nitrogens is 2. The number of ether oxygens (including phenoxy) is 1. The molecule has 0 saturated carbocycles. The molecule has 7 nitrogen and oxygen atoms in total. The van der Waals surface area contributed by atoms with Crippen LogP contribution in [0.5, 0.6) is 11.5 Å². The number of nitrogens with one attached hydrogen (secondary N) is 2. The predicted octanol–water partition coefficient (Wildman–Crippen LogP) is 4.43. The highest BCUT2D eigenvalue weighted by atomic mass is 19.1. The highest BCUT2D eigenvalue weighted by Crippen LogP contribution is 2.31. The van der Waals surface area contributed by atoms with Gasteiger partial charge in [-0.15, -0.1) is 0 Å². The van der Waals surface area contributed by atoms with E-state index in [0.717, 1.165) is 11.6 Å². The van der Waals surface area contributed by atoms with Gasteiger partial charge in [0.1, 0.15) is 0 Å². The first kappa shape index (κ1) is 22.7. The molecule has 0 fully saturated rings. The van der Waals surface area contributed by atoms with Gasteiger partial charge in [-0.1, -0.05) is 18.7 Å². The number of phenols is 1. The summed E-state index contributed by atoms with van der Waals surface area (Å²) in [5, 5.41) is 15.4. The monoisotopic (exact) mass is 440 g/mol. The summed E-state index contributed by atoms with van der Waals surface area (Å²) < 4.78 is 33.3. The fraction of sp³-hybridized carbons (Fsp3) is 0.174. The number of carbonyl (C=O) groups excluding carboxylic acids is 1. The third-order valence-electron chi connectivity index (χ3n) is 4.78. The van der Waals surface area contributed by atoms with Crippen LogP contribution in [0.4, 0.5) is 26.1 Å². The summed E-state index contributed by atoms with van der Waals surface area (Å²) in [7, 11) is 1.24. The number of hydrogen-bond donors (Lipinski definition) is 3. The SMILES string of the molecule is C=CC(=O)Nc1cccc(C)c1Nc1ncc(CCc2c(F)c(O)cc(OC)c2F)cn1. The maximum Gasteiger partial charge on any atom is 0.247 e. The summed E-state index contributed by atoms with van der Waals surface area (Å²) in [5.74, 6) is -2.84. The Hall–Kier alpha value is -4.01. The van der Waals surface area contributed by atoms with Crippen LogP contribution in [-0.4, -0.2) is 28.1 Å². The van der Waals surface area contributed by atoms with E-state index >= 15 is 0 Å². The molecule has 32 heavy (non-hydrogen) atoms. The molecule has 0 bridgehead atoms. The van der Waals surface area contributed by atoms with Crippen LogP contribution in [0.1, 0.15) is 16.7 Å². The van der Waals surface area contributed by atoms with Gasteiger partial charge >= 0.3 is 0 Å². The number of methoxy groups -OCH3 is 1. The number of para-hydroxylation sites is 1. The van der Waals surface area contributed by atoms with Crippen molar-refractivity contribution >= 4 is 23.2 Å². The summed E-state index contributed by atoms with van der Waals surface area (Å²) >= 11 is 0. The molecule has 0 radical (unpaired) electrons. The lowest BCUT2D eigenvalue weighted by atomic mass is 10.0. The molecule has 1 aromatic heterocycles. The van der Waals surface area contributed by atoms with Crippen molar-refractivity contribution in [2.24, 2.45) is 0 Å². The Kier molecular flexibility index (Phi) is 6.99. The molecule has 0 unspecified atom stereocenters. The summed E-state index contributed by atoms with van der Waals surface area (Å²) in [6.45, 7) is 5.31. The maximum atomic E-state index is 14.4. The zero-order valence-electron chi connectivity index (χ0n) is 17.6. The number of amides is 1. The van der Waals surface area contributed by atoms with E-state index < -0.39 is 17.4 Å². The number of benzene rings is 2. The number of anilines is 3. The molecule has 0 saturated heterocycles. The van der Waals surface area contributed by atoms with Crippen LogP contribution in [0, 0.1) is 18.6 Å². The molecule has 3 N–H and O–H groups in total. The van der Waals surface area contributed by atoms with Crippen LogP contribution in [0.3, 0.4) is 0 Å². The molecular weight excluding hydrogens is 418 g/mol. The maximum absolute atomic E-state index is 14.4. The van der Waals surface area contributed by atoms with Crippen LogP contribution in [0.15, 0.2) is 49.3 Å². The number of aromatic hydroxyl groups is 1. The Morgan fingerprint density at radius 2 is 1.94 bits per heavy atom. The van der Waals surface area contributed by atoms with E-state index in [-0.39, 0.29) is 36.0 Å². The lowest BCUT2D eigenvalue weighted by molar-refractivity contribution is -0.111. The molecule has 0 spiro atoms. The van der Waals surface area contributed by atoms with E-state index in [9.17, 15) is 18.7 Å². The third-order valence-corrected chi connectivity index (χ3v) is 4.78. The predicted molar refractivity (Wildman–Crippen MR) is 117 cm³/mol. The van der Waals surface area contributed by atoms with Gasteiger partial charge in [-0.2, -0.15) is 0 Å². The van der Waals surface area contributed by atoms with Crippen molar-refractivity contribution in [1.82, 2.24) is 9.97 Å². The second kappa shape index (κ2) is 9.86. The lowest BCUT2D eigenvalue weighted by Gasteiger charge is -2.14. The molecule has 3 aromatic rings. The molecule has 9 heteroatoms. The number of phenolic OH excluding ortho intramolecular Hbond substituents is 1. The number of halogens is 2. The minimum Gasteiger partial charge on any atom is -0.505 e. The van der Waals surface area contributed by atoms with E-state index in [4.69, 9.17) is 4.74 Å². The summed E-state index contributed by atoms with van der Waals surface area (Å²) in [4.78, 5) is 20.2. The first-order valence-electron chi connectivity index (χ1n) is 9.68. The van der Waals surface area contributed by atoms with Crippen molar-refractivity contribution in [2.75, 3.05) is 17.7 Å². The number of rotatable bonds is 8. The van der Waals surface area contributed by atoms with E-state index in [1.807, 2.05) is 13.0 Å².